The van der Waals surface area contributed by atoms with Gasteiger partial charge < -0.3 is 10.1 Å². The molecule has 0 bridgehead atoms. The number of aliphatic hydroxyl groups excluding tert-OH is 1. The Morgan fingerprint density at radius 1 is 0.907 bits per heavy atom. The fourth-order valence-electron chi connectivity index (χ4n) is 5.60. The molecule has 1 N–H and O–H groups in total. The van der Waals surface area contributed by atoms with E-state index in [-0.39, 0.29) is 49.3 Å². The Bertz CT molecular complexity index is 1560. The van der Waals surface area contributed by atoms with Gasteiger partial charge in [-0.3, -0.25) is 4.79 Å². The molecule has 0 amide bonds. The molecule has 0 aliphatic carbocycles. The van der Waals surface area contributed by atoms with Gasteiger partial charge in [0.25, 0.3) is 0 Å². The number of rotatable bonds is 9. The molecular formula is C37H47FIrNO2Si-. The molecule has 4 aromatic rings. The second-order valence-corrected chi connectivity index (χ2v) is 17.4. The maximum absolute atomic E-state index is 14.9. The minimum absolute atomic E-state index is 0. The van der Waals surface area contributed by atoms with Crippen molar-refractivity contribution in [2.45, 2.75) is 86.9 Å². The molecule has 6 heteroatoms. The maximum Gasteiger partial charge on any atom is 0.162 e. The third kappa shape index (κ3) is 8.94. The predicted molar refractivity (Wildman–Crippen MR) is 180 cm³/mol. The minimum atomic E-state index is -1.73. The number of allylic oxidation sites excluding steroid dienone is 2. The summed E-state index contributed by atoms with van der Waals surface area (Å²) in [5.74, 6) is 0.455. The maximum atomic E-state index is 14.9. The summed E-state index contributed by atoms with van der Waals surface area (Å²) in [7, 11) is -1.73. The van der Waals surface area contributed by atoms with Gasteiger partial charge in [0, 0.05) is 44.2 Å². The van der Waals surface area contributed by atoms with Gasteiger partial charge in [-0.25, -0.2) is 4.39 Å². The summed E-state index contributed by atoms with van der Waals surface area (Å²) in [6.45, 7) is 18.7. The van der Waals surface area contributed by atoms with E-state index in [4.69, 9.17) is 0 Å². The van der Waals surface area contributed by atoms with Gasteiger partial charge >= 0.3 is 0 Å². The van der Waals surface area contributed by atoms with Crippen LogP contribution in [0, 0.1) is 37.6 Å². The quantitative estimate of drug-likeness (QED) is 0.0606. The average molecular weight is 777 g/mol. The Morgan fingerprint density at radius 3 is 2.09 bits per heavy atom. The zero-order valence-electron chi connectivity index (χ0n) is 27.2. The van der Waals surface area contributed by atoms with Gasteiger partial charge in [-0.1, -0.05) is 79.4 Å². The van der Waals surface area contributed by atoms with Crippen molar-refractivity contribution in [2.24, 2.45) is 11.8 Å². The number of hydrogen-bond donors (Lipinski definition) is 1. The fraction of sp³-hybridized carbons (Fsp3) is 0.405. The van der Waals surface area contributed by atoms with Gasteiger partial charge in [-0.15, -0.1) is 34.9 Å². The second kappa shape index (κ2) is 15.9. The zero-order valence-corrected chi connectivity index (χ0v) is 30.6. The molecule has 0 fully saturated rings. The first-order valence-electron chi connectivity index (χ1n) is 15.3. The first-order valence-corrected chi connectivity index (χ1v) is 18.8. The van der Waals surface area contributed by atoms with Crippen LogP contribution >= 0.6 is 0 Å². The van der Waals surface area contributed by atoms with Crippen LogP contribution < -0.4 is 5.19 Å². The molecule has 43 heavy (non-hydrogen) atoms. The Hall–Kier alpha value is -2.66. The van der Waals surface area contributed by atoms with Crippen LogP contribution in [-0.2, 0) is 24.9 Å². The van der Waals surface area contributed by atoms with E-state index in [9.17, 15) is 14.3 Å². The molecule has 3 nitrogen and oxygen atoms in total. The number of pyridine rings is 1. The molecule has 0 spiro atoms. The number of benzene rings is 3. The van der Waals surface area contributed by atoms with Crippen LogP contribution in [0.5, 0.6) is 0 Å². The van der Waals surface area contributed by atoms with Gasteiger partial charge in [-0.05, 0) is 70.2 Å². The van der Waals surface area contributed by atoms with Crippen LogP contribution in [0.15, 0.2) is 60.5 Å². The summed E-state index contributed by atoms with van der Waals surface area (Å²) >= 11 is 0. The van der Waals surface area contributed by atoms with E-state index in [1.54, 1.807) is 6.07 Å². The van der Waals surface area contributed by atoms with Crippen molar-refractivity contribution in [3.05, 3.63) is 83.5 Å². The number of halogens is 1. The van der Waals surface area contributed by atoms with Gasteiger partial charge in [0.15, 0.2) is 5.78 Å². The summed E-state index contributed by atoms with van der Waals surface area (Å²) in [5.41, 5.74) is 4.16. The van der Waals surface area contributed by atoms with Crippen LogP contribution in [0.1, 0.15) is 64.5 Å². The van der Waals surface area contributed by atoms with Crippen LogP contribution in [-0.4, -0.2) is 23.9 Å². The minimum Gasteiger partial charge on any atom is -0.512 e. The number of aliphatic hydroxyl groups is 1. The molecule has 0 atom stereocenters. The first kappa shape index (κ1) is 36.5. The normalized spacial score (nSPS) is 12.0. The van der Waals surface area contributed by atoms with Crippen molar-refractivity contribution in [1.29, 1.82) is 0 Å². The second-order valence-electron chi connectivity index (χ2n) is 12.4. The molecule has 0 saturated carbocycles. The van der Waals surface area contributed by atoms with Crippen molar-refractivity contribution in [2.75, 3.05) is 0 Å². The molecule has 4 rings (SSSR count). The van der Waals surface area contributed by atoms with Crippen molar-refractivity contribution in [1.82, 2.24) is 4.98 Å². The molecule has 1 heterocycles. The standard InChI is InChI=1S/C24H23FNSi.C13H24O2.Ir/c1-15-10-16(2)12-18(11-15)24-20-7-6-17-13-23(27(3,4)5)22(25)14-21(17)19(20)8-9-26-24;1-5-10(6-2)12(14)9-13(15)11(7-3)8-4;/h6-11,13-14H,1-5H3;9-11,14H,5-8H2,1-4H3;/q-1;;. The molecule has 233 valence electrons. The topological polar surface area (TPSA) is 50.2 Å². The Morgan fingerprint density at radius 2 is 1.53 bits per heavy atom. The number of ketones is 1. The Labute approximate surface area is 272 Å². The number of hydrogen-bond acceptors (Lipinski definition) is 3. The molecular weight excluding hydrogens is 730 g/mol. The fourth-order valence-corrected chi connectivity index (χ4v) is 6.98. The number of carbonyl (C=O) groups excluding carboxylic acids is 1. The number of carbonyl (C=O) groups is 1. The van der Waals surface area contributed by atoms with Crippen LogP contribution in [0.3, 0.4) is 0 Å². The molecule has 3 aromatic carbocycles. The molecule has 1 aromatic heterocycles. The van der Waals surface area contributed by atoms with Crippen LogP contribution in [0.2, 0.25) is 19.6 Å². The van der Waals surface area contributed by atoms with Gasteiger partial charge in [0.2, 0.25) is 0 Å². The average Bonchev–Trinajstić information content (AvgIpc) is 2.93. The molecule has 0 aliphatic heterocycles. The van der Waals surface area contributed by atoms with Gasteiger partial charge in [0.1, 0.15) is 5.82 Å². The molecule has 0 saturated heterocycles. The number of nitrogens with zero attached hydrogens (tertiary/aromatic N) is 1. The smallest absolute Gasteiger partial charge is 0.162 e. The largest absolute Gasteiger partial charge is 0.512 e. The Kier molecular flexibility index (Phi) is 13.5. The van der Waals surface area contributed by atoms with E-state index in [1.807, 2.05) is 52.9 Å². The van der Waals surface area contributed by atoms with Crippen molar-refractivity contribution >= 4 is 40.6 Å². The molecule has 0 aliphatic rings. The SMILES string of the molecule is CCC(CC)C(=O)C=C(O)C(CC)CC.Cc1[c-]c(-c2nccc3c2ccc2cc([Si](C)(C)C)c(F)cc23)cc(C)c1.[Ir]. The molecule has 1 radical (unpaired) electrons. The predicted octanol–water partition coefficient (Wildman–Crippen LogP) is 10.0. The number of fused-ring (bicyclic) bond motifs is 3. The van der Waals surface area contributed by atoms with E-state index in [1.165, 1.54) is 11.6 Å². The van der Waals surface area contributed by atoms with Gasteiger partial charge in [-0.2, -0.15) is 0 Å². The Balaban J connectivity index is 0.000000348. The van der Waals surface area contributed by atoms with E-state index >= 15 is 0 Å². The summed E-state index contributed by atoms with van der Waals surface area (Å²) in [4.78, 5) is 16.3. The van der Waals surface area contributed by atoms with Crippen LogP contribution in [0.25, 0.3) is 32.8 Å². The van der Waals surface area contributed by atoms with Gasteiger partial charge in [0.05, 0.1) is 13.8 Å². The third-order valence-corrected chi connectivity index (χ3v) is 10.1. The number of aromatic nitrogens is 1. The van der Waals surface area contributed by atoms with Crippen molar-refractivity contribution in [3.8, 4) is 11.3 Å². The van der Waals surface area contributed by atoms with Crippen molar-refractivity contribution in [3.63, 3.8) is 0 Å². The number of aryl methyl sites for hydroxylation is 2. The third-order valence-electron chi connectivity index (χ3n) is 8.14. The van der Waals surface area contributed by atoms with Crippen LogP contribution in [0.4, 0.5) is 4.39 Å². The summed E-state index contributed by atoms with van der Waals surface area (Å²) in [6.07, 6.45) is 6.72. The van der Waals surface area contributed by atoms with E-state index in [2.05, 4.69) is 61.9 Å². The van der Waals surface area contributed by atoms with Crippen molar-refractivity contribution < 1.29 is 34.4 Å². The summed E-state index contributed by atoms with van der Waals surface area (Å²) < 4.78 is 14.9. The first-order chi connectivity index (χ1) is 19.8. The molecule has 0 unspecified atom stereocenters. The summed E-state index contributed by atoms with van der Waals surface area (Å²) in [5, 5.41) is 14.7. The monoisotopic (exact) mass is 777 g/mol. The zero-order chi connectivity index (χ0) is 31.2. The summed E-state index contributed by atoms with van der Waals surface area (Å²) in [6, 6.07) is 17.6. The van der Waals surface area contributed by atoms with E-state index < -0.39 is 8.07 Å². The van der Waals surface area contributed by atoms with E-state index in [0.717, 1.165) is 69.2 Å². The van der Waals surface area contributed by atoms with E-state index in [0.29, 0.717) is 0 Å².